The number of carbonyl (C=O) groups excluding carboxylic acids is 1. The highest BCUT2D eigenvalue weighted by molar-refractivity contribution is 5.97. The summed E-state index contributed by atoms with van der Waals surface area (Å²) in [4.78, 5) is 11.9. The summed E-state index contributed by atoms with van der Waals surface area (Å²) in [5.41, 5.74) is 2.26. The summed E-state index contributed by atoms with van der Waals surface area (Å²) in [5, 5.41) is 0. The summed E-state index contributed by atoms with van der Waals surface area (Å²) >= 11 is 0. The van der Waals surface area contributed by atoms with E-state index in [4.69, 9.17) is 0 Å². The van der Waals surface area contributed by atoms with Gasteiger partial charge in [0.05, 0.1) is 0 Å². The minimum atomic E-state index is -0.993. The third kappa shape index (κ3) is 3.25. The second-order valence-corrected chi connectivity index (χ2v) is 4.40. The highest BCUT2D eigenvalue weighted by atomic mass is 19.2. The second-order valence-electron chi connectivity index (χ2n) is 4.40. The summed E-state index contributed by atoms with van der Waals surface area (Å²) in [6.07, 6.45) is 1.13. The Kier molecular flexibility index (Phi) is 4.05. The predicted molar refractivity (Wildman–Crippen MR) is 70.2 cm³/mol. The minimum absolute atomic E-state index is 0.190. The summed E-state index contributed by atoms with van der Waals surface area (Å²) in [6.45, 7) is 2.06. The summed E-state index contributed by atoms with van der Waals surface area (Å²) in [5.74, 6) is -2.15. The molecule has 0 aliphatic carbocycles. The molecule has 0 fully saturated rings. The van der Waals surface area contributed by atoms with Crippen LogP contribution in [0.5, 0.6) is 0 Å². The van der Waals surface area contributed by atoms with Crippen LogP contribution in [0.15, 0.2) is 42.5 Å². The lowest BCUT2D eigenvalue weighted by atomic mass is 10.0. The Morgan fingerprint density at radius 1 is 0.947 bits per heavy atom. The summed E-state index contributed by atoms with van der Waals surface area (Å²) in [7, 11) is 0. The van der Waals surface area contributed by atoms with Crippen molar-refractivity contribution < 1.29 is 13.6 Å². The lowest BCUT2D eigenvalue weighted by Crippen LogP contribution is -2.04. The molecule has 0 saturated heterocycles. The van der Waals surface area contributed by atoms with Gasteiger partial charge < -0.3 is 0 Å². The molecule has 2 rings (SSSR count). The molecular weight excluding hydrogens is 246 g/mol. The van der Waals surface area contributed by atoms with E-state index in [2.05, 4.69) is 6.92 Å². The monoisotopic (exact) mass is 260 g/mol. The van der Waals surface area contributed by atoms with Crippen LogP contribution in [0, 0.1) is 11.6 Å². The minimum Gasteiger partial charge on any atom is -0.294 e. The molecule has 0 amide bonds. The molecule has 2 aromatic rings. The van der Waals surface area contributed by atoms with Gasteiger partial charge in [-0.3, -0.25) is 4.79 Å². The number of benzene rings is 2. The van der Waals surface area contributed by atoms with Gasteiger partial charge in [-0.05, 0) is 35.7 Å². The van der Waals surface area contributed by atoms with Gasteiger partial charge in [0.1, 0.15) is 0 Å². The van der Waals surface area contributed by atoms with Gasteiger partial charge in [0.15, 0.2) is 17.4 Å². The Hall–Kier alpha value is -2.03. The Morgan fingerprint density at radius 2 is 1.58 bits per heavy atom. The zero-order chi connectivity index (χ0) is 13.8. The fraction of sp³-hybridized carbons (Fsp3) is 0.188. The van der Waals surface area contributed by atoms with Gasteiger partial charge in [-0.25, -0.2) is 8.78 Å². The molecule has 0 atom stereocenters. The average Bonchev–Trinajstić information content (AvgIpc) is 2.42. The number of carbonyl (C=O) groups is 1. The molecule has 3 heteroatoms. The maximum atomic E-state index is 13.0. The van der Waals surface area contributed by atoms with Gasteiger partial charge >= 0.3 is 0 Å². The van der Waals surface area contributed by atoms with E-state index in [1.165, 1.54) is 11.6 Å². The topological polar surface area (TPSA) is 17.1 Å². The second kappa shape index (κ2) is 5.74. The van der Waals surface area contributed by atoms with Crippen LogP contribution in [0.25, 0.3) is 0 Å². The first-order valence-electron chi connectivity index (χ1n) is 6.16. The molecule has 0 spiro atoms. The standard InChI is InChI=1S/C16H14F2O/c1-2-11-3-5-12(6-4-11)9-16(19)13-7-8-14(17)15(18)10-13/h3-8,10H,2,9H2,1H3. The van der Waals surface area contributed by atoms with Crippen LogP contribution in [0.4, 0.5) is 8.78 Å². The molecule has 0 saturated carbocycles. The van der Waals surface area contributed by atoms with Crippen molar-refractivity contribution in [2.24, 2.45) is 0 Å². The maximum absolute atomic E-state index is 13.0. The van der Waals surface area contributed by atoms with Crippen molar-refractivity contribution in [1.82, 2.24) is 0 Å². The molecule has 2 aromatic carbocycles. The lowest BCUT2D eigenvalue weighted by molar-refractivity contribution is 0.0992. The Balaban J connectivity index is 2.13. The van der Waals surface area contributed by atoms with Gasteiger partial charge in [-0.2, -0.15) is 0 Å². The SMILES string of the molecule is CCc1ccc(CC(=O)c2ccc(F)c(F)c2)cc1. The van der Waals surface area contributed by atoms with E-state index < -0.39 is 11.6 Å². The average molecular weight is 260 g/mol. The third-order valence-corrected chi connectivity index (χ3v) is 3.04. The molecule has 98 valence electrons. The molecule has 0 aromatic heterocycles. The summed E-state index contributed by atoms with van der Waals surface area (Å²) < 4.78 is 25.8. The van der Waals surface area contributed by atoms with Gasteiger partial charge in [0.2, 0.25) is 0 Å². The normalized spacial score (nSPS) is 10.5. The van der Waals surface area contributed by atoms with Crippen molar-refractivity contribution in [3.63, 3.8) is 0 Å². The van der Waals surface area contributed by atoms with Crippen molar-refractivity contribution in [2.45, 2.75) is 19.8 Å². The number of Topliss-reactive ketones (excluding diaryl/α,β-unsaturated/α-hetero) is 1. The Labute approximate surface area is 110 Å². The van der Waals surface area contributed by atoms with Gasteiger partial charge in [-0.15, -0.1) is 0 Å². The first-order chi connectivity index (χ1) is 9.10. The first kappa shape index (κ1) is 13.4. The number of aryl methyl sites for hydroxylation is 1. The number of rotatable bonds is 4. The van der Waals surface area contributed by atoms with Crippen LogP contribution in [-0.4, -0.2) is 5.78 Å². The first-order valence-corrected chi connectivity index (χ1v) is 6.16. The van der Waals surface area contributed by atoms with Crippen molar-refractivity contribution in [2.75, 3.05) is 0 Å². The molecule has 0 N–H and O–H groups in total. The van der Waals surface area contributed by atoms with E-state index in [1.54, 1.807) is 0 Å². The zero-order valence-electron chi connectivity index (χ0n) is 10.6. The number of hydrogen-bond acceptors (Lipinski definition) is 1. The van der Waals surface area contributed by atoms with Crippen LogP contribution in [-0.2, 0) is 12.8 Å². The number of ketones is 1. The van der Waals surface area contributed by atoms with Gasteiger partial charge in [-0.1, -0.05) is 31.2 Å². The Morgan fingerprint density at radius 3 is 2.16 bits per heavy atom. The quantitative estimate of drug-likeness (QED) is 0.761. The Bertz CT molecular complexity index is 588. The van der Waals surface area contributed by atoms with E-state index in [0.29, 0.717) is 0 Å². The molecule has 0 bridgehead atoms. The highest BCUT2D eigenvalue weighted by Gasteiger charge is 2.10. The van der Waals surface area contributed by atoms with Crippen LogP contribution in [0.3, 0.4) is 0 Å². The molecule has 1 nitrogen and oxygen atoms in total. The van der Waals surface area contributed by atoms with Gasteiger partial charge in [0, 0.05) is 12.0 Å². The molecule has 0 unspecified atom stereocenters. The highest BCUT2D eigenvalue weighted by Crippen LogP contribution is 2.13. The van der Waals surface area contributed by atoms with E-state index in [9.17, 15) is 13.6 Å². The van der Waals surface area contributed by atoms with E-state index in [-0.39, 0.29) is 17.8 Å². The maximum Gasteiger partial charge on any atom is 0.167 e. The van der Waals surface area contributed by atoms with Crippen molar-refractivity contribution >= 4 is 5.78 Å². The van der Waals surface area contributed by atoms with E-state index in [1.807, 2.05) is 24.3 Å². The van der Waals surface area contributed by atoms with Crippen LogP contribution < -0.4 is 0 Å². The molecular formula is C16H14F2O. The fourth-order valence-corrected chi connectivity index (χ4v) is 1.85. The van der Waals surface area contributed by atoms with Crippen molar-refractivity contribution in [3.8, 4) is 0 Å². The van der Waals surface area contributed by atoms with Crippen LogP contribution >= 0.6 is 0 Å². The third-order valence-electron chi connectivity index (χ3n) is 3.04. The lowest BCUT2D eigenvalue weighted by Gasteiger charge is -2.03. The fourth-order valence-electron chi connectivity index (χ4n) is 1.85. The van der Waals surface area contributed by atoms with Crippen LogP contribution in [0.2, 0.25) is 0 Å². The molecule has 0 heterocycles. The largest absolute Gasteiger partial charge is 0.294 e. The predicted octanol–water partition coefficient (Wildman–Crippen LogP) is 3.95. The van der Waals surface area contributed by atoms with Gasteiger partial charge in [0.25, 0.3) is 0 Å². The van der Waals surface area contributed by atoms with Crippen molar-refractivity contribution in [1.29, 1.82) is 0 Å². The number of hydrogen-bond donors (Lipinski definition) is 0. The molecule has 0 aliphatic heterocycles. The zero-order valence-corrected chi connectivity index (χ0v) is 10.6. The van der Waals surface area contributed by atoms with E-state index >= 15 is 0 Å². The molecule has 19 heavy (non-hydrogen) atoms. The smallest absolute Gasteiger partial charge is 0.167 e. The number of halogens is 2. The van der Waals surface area contributed by atoms with Crippen LogP contribution in [0.1, 0.15) is 28.4 Å². The van der Waals surface area contributed by atoms with Crippen molar-refractivity contribution in [3.05, 3.63) is 70.8 Å². The molecule has 0 aliphatic rings. The summed E-state index contributed by atoms with van der Waals surface area (Å²) in [6, 6.07) is 10.9. The van der Waals surface area contributed by atoms with E-state index in [0.717, 1.165) is 24.1 Å². The molecule has 0 radical (unpaired) electrons.